The number of benzene rings is 1. The van der Waals surface area contributed by atoms with Gasteiger partial charge in [0.25, 0.3) is 0 Å². The molecule has 0 amide bonds. The second-order valence-electron chi connectivity index (χ2n) is 7.38. The van der Waals surface area contributed by atoms with E-state index >= 15 is 0 Å². The predicted octanol–water partition coefficient (Wildman–Crippen LogP) is 3.15. The van der Waals surface area contributed by atoms with Gasteiger partial charge in [-0.2, -0.15) is 0 Å². The molecule has 1 aliphatic rings. The zero-order chi connectivity index (χ0) is 16.9. The molecule has 1 heterocycles. The van der Waals surface area contributed by atoms with Crippen molar-refractivity contribution in [1.29, 1.82) is 0 Å². The summed E-state index contributed by atoms with van der Waals surface area (Å²) in [5, 5.41) is 16.1. The average Bonchev–Trinajstić information content (AvgIpc) is 2.87. The second-order valence-corrected chi connectivity index (χ2v) is 7.79. The maximum absolute atomic E-state index is 8.90. The maximum atomic E-state index is 8.90. The van der Waals surface area contributed by atoms with Gasteiger partial charge in [0.05, 0.1) is 0 Å². The molecular weight excluding hydrogens is 306 g/mol. The lowest BCUT2D eigenvalue weighted by molar-refractivity contribution is 0.285. The summed E-state index contributed by atoms with van der Waals surface area (Å²) in [6.07, 6.45) is 2.99. The Balaban J connectivity index is 1.90. The Morgan fingerprint density at radius 1 is 1.30 bits per heavy atom. The Bertz CT molecular complexity index is 540. The SMILES string of the molecule is CC(C)(C)CNC(=S)Nc1ccc2c(c1)CCN2CCCCO. The fourth-order valence-electron chi connectivity index (χ4n) is 2.72. The van der Waals surface area contributed by atoms with Crippen molar-refractivity contribution >= 4 is 28.7 Å². The molecule has 1 aromatic rings. The van der Waals surface area contributed by atoms with Crippen molar-refractivity contribution in [3.05, 3.63) is 23.8 Å². The van der Waals surface area contributed by atoms with Gasteiger partial charge in [-0.25, -0.2) is 0 Å². The Hall–Kier alpha value is -1.33. The fourth-order valence-corrected chi connectivity index (χ4v) is 2.91. The van der Waals surface area contributed by atoms with E-state index in [4.69, 9.17) is 17.3 Å². The molecule has 0 aliphatic carbocycles. The van der Waals surface area contributed by atoms with Gasteiger partial charge in [-0.05, 0) is 60.7 Å². The molecule has 4 nitrogen and oxygen atoms in total. The Morgan fingerprint density at radius 2 is 2.09 bits per heavy atom. The number of anilines is 2. The average molecular weight is 336 g/mol. The smallest absolute Gasteiger partial charge is 0.170 e. The minimum Gasteiger partial charge on any atom is -0.396 e. The van der Waals surface area contributed by atoms with Crippen LogP contribution in [0.5, 0.6) is 0 Å². The molecule has 3 N–H and O–H groups in total. The molecule has 0 saturated heterocycles. The Labute approximate surface area is 145 Å². The highest BCUT2D eigenvalue weighted by Crippen LogP contribution is 2.30. The largest absolute Gasteiger partial charge is 0.396 e. The molecule has 128 valence electrons. The van der Waals surface area contributed by atoms with Gasteiger partial charge >= 0.3 is 0 Å². The van der Waals surface area contributed by atoms with Gasteiger partial charge in [-0.3, -0.25) is 0 Å². The molecule has 0 fully saturated rings. The minimum atomic E-state index is 0.207. The normalized spacial score (nSPS) is 13.8. The van der Waals surface area contributed by atoms with Crippen molar-refractivity contribution in [2.45, 2.75) is 40.0 Å². The van der Waals surface area contributed by atoms with Crippen molar-refractivity contribution in [3.8, 4) is 0 Å². The third kappa shape index (κ3) is 5.66. The molecule has 0 unspecified atom stereocenters. The van der Waals surface area contributed by atoms with Crippen molar-refractivity contribution in [1.82, 2.24) is 5.32 Å². The van der Waals surface area contributed by atoms with Crippen LogP contribution < -0.4 is 15.5 Å². The van der Waals surface area contributed by atoms with Crippen molar-refractivity contribution < 1.29 is 5.11 Å². The van der Waals surface area contributed by atoms with Crippen LogP contribution in [-0.2, 0) is 6.42 Å². The summed E-state index contributed by atoms with van der Waals surface area (Å²) >= 11 is 5.37. The first-order valence-corrected chi connectivity index (χ1v) is 8.83. The lowest BCUT2D eigenvalue weighted by Gasteiger charge is -2.21. The van der Waals surface area contributed by atoms with Crippen LogP contribution in [0.4, 0.5) is 11.4 Å². The van der Waals surface area contributed by atoms with E-state index in [0.717, 1.165) is 44.6 Å². The molecule has 5 heteroatoms. The number of rotatable bonds is 6. The molecule has 23 heavy (non-hydrogen) atoms. The van der Waals surface area contributed by atoms with E-state index < -0.39 is 0 Å². The van der Waals surface area contributed by atoms with Crippen LogP contribution in [0.3, 0.4) is 0 Å². The third-order valence-corrected chi connectivity index (χ3v) is 4.19. The predicted molar refractivity (Wildman–Crippen MR) is 102 cm³/mol. The number of aliphatic hydroxyl groups is 1. The zero-order valence-corrected chi connectivity index (χ0v) is 15.3. The Kier molecular flexibility index (Phi) is 6.25. The fraction of sp³-hybridized carbons (Fsp3) is 0.611. The first-order valence-electron chi connectivity index (χ1n) is 8.43. The van der Waals surface area contributed by atoms with E-state index in [2.05, 4.69) is 54.5 Å². The monoisotopic (exact) mass is 335 g/mol. The number of thiocarbonyl (C=S) groups is 1. The summed E-state index contributed by atoms with van der Waals surface area (Å²) in [7, 11) is 0. The van der Waals surface area contributed by atoms with Crippen molar-refractivity contribution in [2.75, 3.05) is 36.5 Å². The van der Waals surface area contributed by atoms with E-state index in [-0.39, 0.29) is 12.0 Å². The summed E-state index contributed by atoms with van der Waals surface area (Å²) in [6, 6.07) is 6.47. The van der Waals surface area contributed by atoms with Gasteiger partial charge < -0.3 is 20.6 Å². The summed E-state index contributed by atoms with van der Waals surface area (Å²) in [5.41, 5.74) is 3.95. The molecule has 0 atom stereocenters. The molecule has 1 aromatic carbocycles. The molecule has 0 aromatic heterocycles. The van der Waals surface area contributed by atoms with Gasteiger partial charge in [0.2, 0.25) is 0 Å². The van der Waals surface area contributed by atoms with Gasteiger partial charge in [0.15, 0.2) is 5.11 Å². The molecule has 0 bridgehead atoms. The Morgan fingerprint density at radius 3 is 2.78 bits per heavy atom. The van der Waals surface area contributed by atoms with Crippen LogP contribution in [0.25, 0.3) is 0 Å². The van der Waals surface area contributed by atoms with Crippen LogP contribution in [-0.4, -0.2) is 36.5 Å². The van der Waals surface area contributed by atoms with E-state index in [9.17, 15) is 0 Å². The summed E-state index contributed by atoms with van der Waals surface area (Å²) in [5.74, 6) is 0. The molecule has 0 spiro atoms. The van der Waals surface area contributed by atoms with E-state index in [1.165, 1.54) is 11.3 Å². The quantitative estimate of drug-likeness (QED) is 0.551. The lowest BCUT2D eigenvalue weighted by atomic mass is 9.97. The van der Waals surface area contributed by atoms with Gasteiger partial charge in [-0.1, -0.05) is 20.8 Å². The van der Waals surface area contributed by atoms with E-state index in [0.29, 0.717) is 5.11 Å². The molecule has 2 rings (SSSR count). The van der Waals surface area contributed by atoms with Crippen LogP contribution in [0, 0.1) is 5.41 Å². The highest BCUT2D eigenvalue weighted by molar-refractivity contribution is 7.80. The minimum absolute atomic E-state index is 0.207. The van der Waals surface area contributed by atoms with E-state index in [1.807, 2.05) is 0 Å². The van der Waals surface area contributed by atoms with Crippen LogP contribution in [0.15, 0.2) is 18.2 Å². The third-order valence-electron chi connectivity index (χ3n) is 3.94. The van der Waals surface area contributed by atoms with Gasteiger partial charge in [0.1, 0.15) is 0 Å². The van der Waals surface area contributed by atoms with Crippen molar-refractivity contribution in [3.63, 3.8) is 0 Å². The second kappa shape index (κ2) is 7.97. The number of hydrogen-bond donors (Lipinski definition) is 3. The highest BCUT2D eigenvalue weighted by atomic mass is 32.1. The molecule has 0 radical (unpaired) electrons. The van der Waals surface area contributed by atoms with Crippen LogP contribution >= 0.6 is 12.2 Å². The van der Waals surface area contributed by atoms with E-state index in [1.54, 1.807) is 0 Å². The summed E-state index contributed by atoms with van der Waals surface area (Å²) in [4.78, 5) is 2.41. The number of unbranched alkanes of at least 4 members (excludes halogenated alkanes) is 1. The number of nitrogens with zero attached hydrogens (tertiary/aromatic N) is 1. The van der Waals surface area contributed by atoms with Gasteiger partial charge in [0, 0.05) is 37.6 Å². The summed E-state index contributed by atoms with van der Waals surface area (Å²) in [6.45, 7) is 9.77. The topological polar surface area (TPSA) is 47.5 Å². The number of hydrogen-bond acceptors (Lipinski definition) is 3. The summed E-state index contributed by atoms with van der Waals surface area (Å²) < 4.78 is 0. The number of fused-ring (bicyclic) bond motifs is 1. The molecule has 1 aliphatic heterocycles. The lowest BCUT2D eigenvalue weighted by Crippen LogP contribution is -2.35. The van der Waals surface area contributed by atoms with Crippen LogP contribution in [0.1, 0.15) is 39.2 Å². The molecular formula is C18H29N3OS. The highest BCUT2D eigenvalue weighted by Gasteiger charge is 2.19. The van der Waals surface area contributed by atoms with Crippen molar-refractivity contribution in [2.24, 2.45) is 5.41 Å². The molecule has 0 saturated carbocycles. The number of aliphatic hydroxyl groups excluding tert-OH is 1. The number of nitrogens with one attached hydrogen (secondary N) is 2. The first-order chi connectivity index (χ1) is 10.9. The standard InChI is InChI=1S/C18H29N3OS/c1-18(2,3)13-19-17(23)20-15-6-7-16-14(12-15)8-10-21(16)9-4-5-11-22/h6-7,12,22H,4-5,8-11,13H2,1-3H3,(H2,19,20,23). The van der Waals surface area contributed by atoms with Gasteiger partial charge in [-0.15, -0.1) is 0 Å². The van der Waals surface area contributed by atoms with Crippen LogP contribution in [0.2, 0.25) is 0 Å². The maximum Gasteiger partial charge on any atom is 0.170 e. The first kappa shape index (κ1) is 18.0. The zero-order valence-electron chi connectivity index (χ0n) is 14.5.